The van der Waals surface area contributed by atoms with Crippen LogP contribution in [0.5, 0.6) is 0 Å². The number of para-hydroxylation sites is 1. The number of aromatic nitrogens is 1. The molecule has 166 valence electrons. The van der Waals surface area contributed by atoms with Gasteiger partial charge in [-0.2, -0.15) is 0 Å². The van der Waals surface area contributed by atoms with Crippen molar-refractivity contribution in [2.45, 2.75) is 57.3 Å². The normalized spacial score (nSPS) is 19.2. The Labute approximate surface area is 197 Å². The molecule has 5 rings (SSSR count). The van der Waals surface area contributed by atoms with Crippen LogP contribution in [0.25, 0.3) is 10.9 Å². The summed E-state index contributed by atoms with van der Waals surface area (Å²) in [5.74, 6) is -0.304. The molecule has 2 amide bonds. The molecule has 0 bridgehead atoms. The molecule has 1 fully saturated rings. The summed E-state index contributed by atoms with van der Waals surface area (Å²) in [7, 11) is 0. The van der Waals surface area contributed by atoms with E-state index in [0.717, 1.165) is 42.1 Å². The first kappa shape index (κ1) is 21.4. The fourth-order valence-electron chi connectivity index (χ4n) is 5.02. The van der Waals surface area contributed by atoms with Crippen LogP contribution in [0.3, 0.4) is 0 Å². The molecule has 1 aromatic heterocycles. The van der Waals surface area contributed by atoms with E-state index in [4.69, 9.17) is 23.2 Å². The number of nitrogens with zero attached hydrogens (tertiary/aromatic N) is 2. The highest BCUT2D eigenvalue weighted by atomic mass is 35.5. The number of amides is 2. The first-order valence-electron chi connectivity index (χ1n) is 11.1. The summed E-state index contributed by atoms with van der Waals surface area (Å²) >= 11 is 13.2. The topological polar surface area (TPSA) is 54.3 Å². The second kappa shape index (κ2) is 8.80. The van der Waals surface area contributed by atoms with Gasteiger partial charge < -0.3 is 14.8 Å². The van der Waals surface area contributed by atoms with Crippen molar-refractivity contribution < 1.29 is 9.59 Å². The second-order valence-corrected chi connectivity index (χ2v) is 9.45. The third kappa shape index (κ3) is 3.78. The number of nitrogens with one attached hydrogen (secondary N) is 1. The van der Waals surface area contributed by atoms with Gasteiger partial charge in [0.15, 0.2) is 6.04 Å². The maximum atomic E-state index is 13.7. The van der Waals surface area contributed by atoms with Crippen molar-refractivity contribution in [1.82, 2.24) is 14.8 Å². The number of fused-ring (bicyclic) bond motifs is 3. The van der Waals surface area contributed by atoms with Crippen LogP contribution < -0.4 is 5.32 Å². The minimum absolute atomic E-state index is 0.126. The van der Waals surface area contributed by atoms with E-state index in [2.05, 4.69) is 5.32 Å². The minimum Gasteiger partial charge on any atom is -0.351 e. The summed E-state index contributed by atoms with van der Waals surface area (Å²) in [5, 5.41) is 5.17. The highest BCUT2D eigenvalue weighted by molar-refractivity contribution is 6.37. The first-order valence-corrected chi connectivity index (χ1v) is 11.9. The number of halogens is 2. The molecule has 3 aromatic rings. The van der Waals surface area contributed by atoms with Crippen molar-refractivity contribution in [2.75, 3.05) is 0 Å². The molecule has 1 aliphatic carbocycles. The lowest BCUT2D eigenvalue weighted by molar-refractivity contribution is -0.144. The summed E-state index contributed by atoms with van der Waals surface area (Å²) in [5.41, 5.74) is 2.35. The molecule has 2 aliphatic rings. The Bertz CT molecular complexity index is 1180. The molecule has 1 saturated carbocycles. The fraction of sp³-hybridized carbons (Fsp3) is 0.360. The molecule has 5 nitrogen and oxygen atoms in total. The van der Waals surface area contributed by atoms with E-state index in [1.54, 1.807) is 11.0 Å². The Balaban J connectivity index is 1.59. The Morgan fingerprint density at radius 2 is 1.72 bits per heavy atom. The van der Waals surface area contributed by atoms with Crippen LogP contribution in [-0.2, 0) is 22.7 Å². The van der Waals surface area contributed by atoms with Gasteiger partial charge in [0, 0.05) is 23.0 Å². The van der Waals surface area contributed by atoms with E-state index in [9.17, 15) is 9.59 Å². The lowest BCUT2D eigenvalue weighted by atomic mass is 9.95. The van der Waals surface area contributed by atoms with Gasteiger partial charge in [-0.05, 0) is 30.5 Å². The van der Waals surface area contributed by atoms with Gasteiger partial charge in [0.1, 0.15) is 6.54 Å². The second-order valence-electron chi connectivity index (χ2n) is 8.66. The SMILES string of the molecule is O=C(NC1CCCCC1)C1c2c(Cl)c3ccccc3n2CC(=O)N1Cc1ccccc1Cl. The van der Waals surface area contributed by atoms with E-state index in [1.165, 1.54) is 6.42 Å². The Kier molecular flexibility index (Phi) is 5.87. The van der Waals surface area contributed by atoms with Crippen LogP contribution in [0.2, 0.25) is 10.0 Å². The highest BCUT2D eigenvalue weighted by Crippen LogP contribution is 2.40. The monoisotopic (exact) mass is 469 g/mol. The first-order chi connectivity index (χ1) is 15.5. The van der Waals surface area contributed by atoms with Gasteiger partial charge in [0.25, 0.3) is 0 Å². The predicted molar refractivity (Wildman–Crippen MR) is 127 cm³/mol. The van der Waals surface area contributed by atoms with Crippen molar-refractivity contribution in [3.05, 3.63) is 69.8 Å². The van der Waals surface area contributed by atoms with Crippen LogP contribution >= 0.6 is 23.2 Å². The molecule has 1 unspecified atom stereocenters. The molecule has 2 aromatic carbocycles. The van der Waals surface area contributed by atoms with Crippen molar-refractivity contribution in [1.29, 1.82) is 0 Å². The lowest BCUT2D eigenvalue weighted by Crippen LogP contribution is -2.50. The van der Waals surface area contributed by atoms with Crippen molar-refractivity contribution in [3.8, 4) is 0 Å². The zero-order valence-corrected chi connectivity index (χ0v) is 19.2. The number of benzene rings is 2. The molecule has 1 N–H and O–H groups in total. The number of rotatable bonds is 4. The van der Waals surface area contributed by atoms with E-state index < -0.39 is 6.04 Å². The van der Waals surface area contributed by atoms with Gasteiger partial charge in [-0.1, -0.05) is 78.9 Å². The average Bonchev–Trinajstić information content (AvgIpc) is 3.08. The van der Waals surface area contributed by atoms with Gasteiger partial charge in [-0.15, -0.1) is 0 Å². The minimum atomic E-state index is -0.811. The van der Waals surface area contributed by atoms with Crippen LogP contribution in [0.1, 0.15) is 49.4 Å². The largest absolute Gasteiger partial charge is 0.351 e. The smallest absolute Gasteiger partial charge is 0.249 e. The zero-order valence-electron chi connectivity index (χ0n) is 17.7. The summed E-state index contributed by atoms with van der Waals surface area (Å²) in [4.78, 5) is 28.7. The molecular weight excluding hydrogens is 445 g/mol. The van der Waals surface area contributed by atoms with Gasteiger partial charge in [-0.25, -0.2) is 0 Å². The number of carbonyl (C=O) groups excluding carboxylic acids is 2. The summed E-state index contributed by atoms with van der Waals surface area (Å²) in [6.45, 7) is 0.388. The predicted octanol–water partition coefficient (Wildman–Crippen LogP) is 5.48. The van der Waals surface area contributed by atoms with Crippen molar-refractivity contribution in [2.24, 2.45) is 0 Å². The van der Waals surface area contributed by atoms with Crippen molar-refractivity contribution in [3.63, 3.8) is 0 Å². The summed E-state index contributed by atoms with van der Waals surface area (Å²) < 4.78 is 1.90. The molecule has 0 spiro atoms. The van der Waals surface area contributed by atoms with Crippen LogP contribution in [0, 0.1) is 0 Å². The molecule has 7 heteroatoms. The third-order valence-electron chi connectivity index (χ3n) is 6.63. The Morgan fingerprint density at radius 1 is 1.00 bits per heavy atom. The molecule has 1 atom stereocenters. The number of carbonyl (C=O) groups is 2. The van der Waals surface area contributed by atoms with E-state index in [1.807, 2.05) is 47.0 Å². The molecule has 0 saturated heterocycles. The lowest BCUT2D eigenvalue weighted by Gasteiger charge is -2.37. The van der Waals surface area contributed by atoms with Crippen molar-refractivity contribution >= 4 is 45.9 Å². The molecular formula is C25H25Cl2N3O2. The summed E-state index contributed by atoms with van der Waals surface area (Å²) in [6, 6.07) is 14.5. The number of hydrogen-bond acceptors (Lipinski definition) is 2. The summed E-state index contributed by atoms with van der Waals surface area (Å²) in [6.07, 6.45) is 5.35. The molecule has 1 aliphatic heterocycles. The van der Waals surface area contributed by atoms with Crippen LogP contribution in [0.4, 0.5) is 0 Å². The third-order valence-corrected chi connectivity index (χ3v) is 7.40. The number of hydrogen-bond donors (Lipinski definition) is 1. The maximum absolute atomic E-state index is 13.7. The van der Waals surface area contributed by atoms with Crippen LogP contribution in [-0.4, -0.2) is 27.3 Å². The fourth-order valence-corrected chi connectivity index (χ4v) is 5.58. The Hall–Kier alpha value is -2.50. The van der Waals surface area contributed by atoms with E-state index in [0.29, 0.717) is 15.7 Å². The van der Waals surface area contributed by atoms with Gasteiger partial charge in [0.2, 0.25) is 11.8 Å². The molecule has 2 heterocycles. The van der Waals surface area contributed by atoms with E-state index in [-0.39, 0.29) is 30.9 Å². The average molecular weight is 470 g/mol. The zero-order chi connectivity index (χ0) is 22.2. The highest BCUT2D eigenvalue weighted by Gasteiger charge is 2.41. The molecule has 32 heavy (non-hydrogen) atoms. The van der Waals surface area contributed by atoms with Crippen LogP contribution in [0.15, 0.2) is 48.5 Å². The standard InChI is InChI=1S/C25H25Cl2N3O2/c26-19-12-6-4-8-16(19)14-30-21(31)15-29-20-13-7-5-11-18(20)22(27)23(29)24(30)25(32)28-17-9-2-1-3-10-17/h4-8,11-13,17,24H,1-3,9-10,14-15H2,(H,28,32). The Morgan fingerprint density at radius 3 is 2.50 bits per heavy atom. The molecule has 0 radical (unpaired) electrons. The van der Waals surface area contributed by atoms with Gasteiger partial charge in [-0.3, -0.25) is 9.59 Å². The maximum Gasteiger partial charge on any atom is 0.249 e. The van der Waals surface area contributed by atoms with E-state index >= 15 is 0 Å². The van der Waals surface area contributed by atoms with Gasteiger partial charge in [0.05, 0.1) is 16.2 Å². The van der Waals surface area contributed by atoms with Gasteiger partial charge >= 0.3 is 0 Å². The quantitative estimate of drug-likeness (QED) is 0.549.